The van der Waals surface area contributed by atoms with Gasteiger partial charge in [-0.1, -0.05) is 5.92 Å². The smallest absolute Gasteiger partial charge is 0.124 e. The molecule has 0 saturated carbocycles. The molecule has 1 aromatic carbocycles. The maximum absolute atomic E-state index is 11.0. The Balaban J connectivity index is 1.35. The Hall–Kier alpha value is -2.50. The van der Waals surface area contributed by atoms with Crippen molar-refractivity contribution >= 4 is 22.2 Å². The summed E-state index contributed by atoms with van der Waals surface area (Å²) in [4.78, 5) is 10.9. The molecule has 4 rings (SSSR count). The van der Waals surface area contributed by atoms with Crippen molar-refractivity contribution < 1.29 is 14.9 Å². The van der Waals surface area contributed by atoms with E-state index in [0.29, 0.717) is 18.9 Å². The molecular formula is C25H29N3O3S. The van der Waals surface area contributed by atoms with Crippen molar-refractivity contribution in [3.05, 3.63) is 52.6 Å². The highest BCUT2D eigenvalue weighted by molar-refractivity contribution is 7.07. The number of benzene rings is 1. The van der Waals surface area contributed by atoms with Gasteiger partial charge in [-0.15, -0.1) is 11.3 Å². The molecule has 0 bridgehead atoms. The van der Waals surface area contributed by atoms with Crippen LogP contribution in [0.25, 0.3) is 10.9 Å². The molecule has 1 fully saturated rings. The third-order valence-electron chi connectivity index (χ3n) is 6.31. The van der Waals surface area contributed by atoms with Gasteiger partial charge in [-0.2, -0.15) is 0 Å². The minimum atomic E-state index is -0.575. The molecule has 0 spiro atoms. The number of nitrogens with zero attached hydrogens (tertiary/aromatic N) is 3. The maximum Gasteiger partial charge on any atom is 0.124 e. The van der Waals surface area contributed by atoms with Crippen LogP contribution in [0.1, 0.15) is 36.6 Å². The summed E-state index contributed by atoms with van der Waals surface area (Å²) in [6.45, 7) is 2.64. The van der Waals surface area contributed by atoms with E-state index in [1.54, 1.807) is 30.2 Å². The average molecular weight is 452 g/mol. The molecule has 1 aliphatic rings. The van der Waals surface area contributed by atoms with Crippen LogP contribution in [0.15, 0.2) is 41.4 Å². The number of hydrogen-bond acceptors (Lipinski definition) is 7. The molecule has 1 aliphatic heterocycles. The number of hydrogen-bond donors (Lipinski definition) is 2. The van der Waals surface area contributed by atoms with Crippen LogP contribution in [-0.4, -0.2) is 58.4 Å². The van der Waals surface area contributed by atoms with Gasteiger partial charge in [-0.05, 0) is 73.4 Å². The van der Waals surface area contributed by atoms with Crippen LogP contribution in [0.3, 0.4) is 0 Å². The molecule has 7 heteroatoms. The summed E-state index contributed by atoms with van der Waals surface area (Å²) in [6, 6.07) is 7.62. The fourth-order valence-corrected chi connectivity index (χ4v) is 4.98. The summed E-state index contributed by atoms with van der Waals surface area (Å²) in [7, 11) is 1.64. The first-order valence-corrected chi connectivity index (χ1v) is 11.9. The van der Waals surface area contributed by atoms with Crippen LogP contribution < -0.4 is 4.74 Å². The SMILES string of the molecule is COc1ccc2nccc(C(O)CC[C@@H]3CCN(CC#Cc4cscn4)C[C@@H]3CO)c2c1. The van der Waals surface area contributed by atoms with E-state index in [4.69, 9.17) is 4.74 Å². The molecule has 32 heavy (non-hydrogen) atoms. The quantitative estimate of drug-likeness (QED) is 0.536. The Kier molecular flexibility index (Phi) is 7.72. The van der Waals surface area contributed by atoms with Crippen molar-refractivity contribution in [2.75, 3.05) is 33.4 Å². The number of rotatable bonds is 7. The lowest BCUT2D eigenvalue weighted by Gasteiger charge is -2.37. The Morgan fingerprint density at radius 2 is 2.19 bits per heavy atom. The Morgan fingerprint density at radius 3 is 2.97 bits per heavy atom. The highest BCUT2D eigenvalue weighted by atomic mass is 32.1. The number of aromatic nitrogens is 2. The lowest BCUT2D eigenvalue weighted by atomic mass is 9.81. The predicted octanol–water partition coefficient (Wildman–Crippen LogP) is 3.50. The molecule has 3 heterocycles. The second-order valence-corrected chi connectivity index (χ2v) is 9.00. The molecular weight excluding hydrogens is 422 g/mol. The first-order chi connectivity index (χ1) is 15.7. The number of piperidine rings is 1. The monoisotopic (exact) mass is 451 g/mol. The van der Waals surface area contributed by atoms with E-state index >= 15 is 0 Å². The number of thiazole rings is 1. The average Bonchev–Trinajstić information content (AvgIpc) is 3.35. The summed E-state index contributed by atoms with van der Waals surface area (Å²) >= 11 is 1.55. The highest BCUT2D eigenvalue weighted by Gasteiger charge is 2.29. The minimum absolute atomic E-state index is 0.159. The number of methoxy groups -OCH3 is 1. The van der Waals surface area contributed by atoms with Crippen LogP contribution in [0, 0.1) is 23.7 Å². The fourth-order valence-electron chi connectivity index (χ4n) is 4.49. The number of likely N-dealkylation sites (tertiary alicyclic amines) is 1. The molecule has 2 aromatic heterocycles. The number of fused-ring (bicyclic) bond motifs is 1. The van der Waals surface area contributed by atoms with Gasteiger partial charge in [-0.3, -0.25) is 9.88 Å². The van der Waals surface area contributed by atoms with Gasteiger partial charge in [0, 0.05) is 30.1 Å². The number of aliphatic hydroxyl groups excluding tert-OH is 2. The van der Waals surface area contributed by atoms with E-state index in [1.165, 1.54) is 0 Å². The van der Waals surface area contributed by atoms with Gasteiger partial charge in [-0.25, -0.2) is 4.98 Å². The standard InChI is InChI=1S/C25H29N3O3S/c1-31-21-5-6-24-23(13-21)22(8-10-26-24)25(30)7-4-18-9-12-28(14-19(18)15-29)11-2-3-20-16-32-17-27-20/h5-6,8,10,13,16-19,25,29-30H,4,7,9,11-12,14-15H2,1H3/t18-,19-,25?/m1/s1. The highest BCUT2D eigenvalue weighted by Crippen LogP contribution is 2.33. The van der Waals surface area contributed by atoms with Crippen molar-refractivity contribution in [1.82, 2.24) is 14.9 Å². The molecule has 3 atom stereocenters. The van der Waals surface area contributed by atoms with Crippen molar-refractivity contribution in [3.8, 4) is 17.6 Å². The Labute approximate surface area is 192 Å². The number of pyridine rings is 1. The van der Waals surface area contributed by atoms with Gasteiger partial charge in [0.05, 0.1) is 30.8 Å². The van der Waals surface area contributed by atoms with E-state index in [9.17, 15) is 10.2 Å². The van der Waals surface area contributed by atoms with Crippen LogP contribution in [0.2, 0.25) is 0 Å². The summed E-state index contributed by atoms with van der Waals surface area (Å²) in [5.41, 5.74) is 4.34. The summed E-state index contributed by atoms with van der Waals surface area (Å²) < 4.78 is 5.35. The predicted molar refractivity (Wildman–Crippen MR) is 127 cm³/mol. The van der Waals surface area contributed by atoms with E-state index in [-0.39, 0.29) is 12.5 Å². The first kappa shape index (κ1) is 22.7. The second-order valence-electron chi connectivity index (χ2n) is 8.28. The molecule has 3 aromatic rings. The van der Waals surface area contributed by atoms with E-state index < -0.39 is 6.10 Å². The Bertz CT molecular complexity index is 1080. The summed E-state index contributed by atoms with van der Waals surface area (Å²) in [6.07, 6.45) is 3.70. The van der Waals surface area contributed by atoms with Crippen LogP contribution >= 0.6 is 11.3 Å². The second kappa shape index (κ2) is 10.9. The minimum Gasteiger partial charge on any atom is -0.497 e. The summed E-state index contributed by atoms with van der Waals surface area (Å²) in [5, 5.41) is 23.8. The largest absolute Gasteiger partial charge is 0.497 e. The van der Waals surface area contributed by atoms with Crippen molar-refractivity contribution in [3.63, 3.8) is 0 Å². The van der Waals surface area contributed by atoms with Crippen LogP contribution in [-0.2, 0) is 0 Å². The third kappa shape index (κ3) is 5.45. The zero-order valence-electron chi connectivity index (χ0n) is 18.3. The van der Waals surface area contributed by atoms with Crippen LogP contribution in [0.5, 0.6) is 5.75 Å². The molecule has 1 saturated heterocycles. The fraction of sp³-hybridized carbons (Fsp3) is 0.440. The zero-order valence-corrected chi connectivity index (χ0v) is 19.1. The van der Waals surface area contributed by atoms with Gasteiger partial charge in [0.1, 0.15) is 11.4 Å². The lowest BCUT2D eigenvalue weighted by molar-refractivity contribution is 0.0640. The van der Waals surface area contributed by atoms with Gasteiger partial charge in [0.2, 0.25) is 0 Å². The molecule has 0 radical (unpaired) electrons. The normalized spacial score (nSPS) is 20.0. The molecule has 0 aliphatic carbocycles. The van der Waals surface area contributed by atoms with Crippen molar-refractivity contribution in [1.29, 1.82) is 0 Å². The number of ether oxygens (including phenoxy) is 1. The molecule has 0 amide bonds. The lowest BCUT2D eigenvalue weighted by Crippen LogP contribution is -2.42. The van der Waals surface area contributed by atoms with Gasteiger partial charge in [0.15, 0.2) is 0 Å². The molecule has 2 N–H and O–H groups in total. The first-order valence-electron chi connectivity index (χ1n) is 11.0. The third-order valence-corrected chi connectivity index (χ3v) is 6.90. The van der Waals surface area contributed by atoms with E-state index in [2.05, 4.69) is 26.7 Å². The van der Waals surface area contributed by atoms with Gasteiger partial charge in [0.25, 0.3) is 0 Å². The van der Waals surface area contributed by atoms with Gasteiger partial charge < -0.3 is 14.9 Å². The molecule has 1 unspecified atom stereocenters. The molecule has 6 nitrogen and oxygen atoms in total. The topological polar surface area (TPSA) is 78.7 Å². The summed E-state index contributed by atoms with van der Waals surface area (Å²) in [5.74, 6) is 7.64. The molecule has 168 valence electrons. The maximum atomic E-state index is 11.0. The number of aliphatic hydroxyl groups is 2. The van der Waals surface area contributed by atoms with Crippen molar-refractivity contribution in [2.24, 2.45) is 11.8 Å². The van der Waals surface area contributed by atoms with Crippen LogP contribution in [0.4, 0.5) is 0 Å². The van der Waals surface area contributed by atoms with E-state index in [1.807, 2.05) is 29.6 Å². The Morgan fingerprint density at radius 1 is 1.28 bits per heavy atom. The van der Waals surface area contributed by atoms with E-state index in [0.717, 1.165) is 53.8 Å². The van der Waals surface area contributed by atoms with Crippen molar-refractivity contribution in [2.45, 2.75) is 25.4 Å². The van der Waals surface area contributed by atoms with Gasteiger partial charge >= 0.3 is 0 Å². The zero-order chi connectivity index (χ0) is 22.3.